The molecule has 1 aromatic rings. The van der Waals surface area contributed by atoms with E-state index in [4.69, 9.17) is 4.74 Å². The molecular formula is C17H27NO. The second-order valence-electron chi connectivity index (χ2n) is 5.69. The molecule has 1 aliphatic rings. The lowest BCUT2D eigenvalue weighted by Gasteiger charge is -2.21. The molecule has 0 aliphatic heterocycles. The third-order valence-corrected chi connectivity index (χ3v) is 4.18. The molecule has 19 heavy (non-hydrogen) atoms. The van der Waals surface area contributed by atoms with Crippen LogP contribution in [-0.2, 0) is 4.74 Å². The van der Waals surface area contributed by atoms with E-state index in [2.05, 4.69) is 44.3 Å². The van der Waals surface area contributed by atoms with E-state index in [1.807, 2.05) is 0 Å². The van der Waals surface area contributed by atoms with Crippen molar-refractivity contribution < 1.29 is 4.74 Å². The van der Waals surface area contributed by atoms with Gasteiger partial charge in [0.05, 0.1) is 18.8 Å². The molecule has 0 bridgehead atoms. The van der Waals surface area contributed by atoms with Crippen LogP contribution in [0, 0.1) is 13.8 Å². The molecule has 1 aliphatic carbocycles. The minimum atomic E-state index is 0.324. The van der Waals surface area contributed by atoms with Crippen molar-refractivity contribution in [2.45, 2.75) is 58.6 Å². The lowest BCUT2D eigenvalue weighted by atomic mass is 10.0. The van der Waals surface area contributed by atoms with Crippen LogP contribution in [0.3, 0.4) is 0 Å². The number of ether oxygens (including phenoxy) is 1. The topological polar surface area (TPSA) is 21.3 Å². The highest BCUT2D eigenvalue weighted by Gasteiger charge is 2.18. The minimum Gasteiger partial charge on any atom is -0.376 e. The van der Waals surface area contributed by atoms with Crippen molar-refractivity contribution in [3.63, 3.8) is 0 Å². The summed E-state index contributed by atoms with van der Waals surface area (Å²) in [5.41, 5.74) is 4.07. The van der Waals surface area contributed by atoms with E-state index in [-0.39, 0.29) is 0 Å². The number of rotatable bonds is 6. The van der Waals surface area contributed by atoms with E-state index in [0.29, 0.717) is 12.1 Å². The average molecular weight is 261 g/mol. The Bertz CT molecular complexity index is 396. The van der Waals surface area contributed by atoms with Gasteiger partial charge in [-0.15, -0.1) is 0 Å². The summed E-state index contributed by atoms with van der Waals surface area (Å²) >= 11 is 0. The maximum Gasteiger partial charge on any atom is 0.0665 e. The van der Waals surface area contributed by atoms with Crippen molar-refractivity contribution in [1.82, 2.24) is 5.32 Å². The zero-order valence-electron chi connectivity index (χ0n) is 12.5. The summed E-state index contributed by atoms with van der Waals surface area (Å²) in [7, 11) is 0. The van der Waals surface area contributed by atoms with Gasteiger partial charge < -0.3 is 10.1 Å². The van der Waals surface area contributed by atoms with Crippen LogP contribution in [0.2, 0.25) is 0 Å². The van der Waals surface area contributed by atoms with E-state index in [0.717, 1.165) is 13.2 Å². The van der Waals surface area contributed by atoms with Crippen molar-refractivity contribution in [3.05, 3.63) is 34.9 Å². The Kier molecular flexibility index (Phi) is 5.41. The van der Waals surface area contributed by atoms with E-state index in [1.165, 1.54) is 42.4 Å². The van der Waals surface area contributed by atoms with E-state index < -0.39 is 0 Å². The van der Waals surface area contributed by atoms with E-state index in [1.54, 1.807) is 0 Å². The molecular weight excluding hydrogens is 234 g/mol. The second kappa shape index (κ2) is 7.06. The molecule has 2 nitrogen and oxygen atoms in total. The summed E-state index contributed by atoms with van der Waals surface area (Å²) in [5.74, 6) is 0. The van der Waals surface area contributed by atoms with Gasteiger partial charge in [-0.25, -0.2) is 0 Å². The van der Waals surface area contributed by atoms with Gasteiger partial charge in [0, 0.05) is 0 Å². The van der Waals surface area contributed by atoms with E-state index in [9.17, 15) is 0 Å². The van der Waals surface area contributed by atoms with Crippen molar-refractivity contribution in [1.29, 1.82) is 0 Å². The van der Waals surface area contributed by atoms with Crippen molar-refractivity contribution >= 4 is 0 Å². The van der Waals surface area contributed by atoms with Crippen molar-refractivity contribution in [3.8, 4) is 0 Å². The Labute approximate surface area is 117 Å². The number of nitrogens with one attached hydrogen (secondary N) is 1. The summed E-state index contributed by atoms with van der Waals surface area (Å²) in [4.78, 5) is 0. The van der Waals surface area contributed by atoms with Gasteiger partial charge in [-0.05, 0) is 49.9 Å². The quantitative estimate of drug-likeness (QED) is 0.838. The number of benzene rings is 1. The molecule has 106 valence electrons. The molecule has 1 atom stereocenters. The van der Waals surface area contributed by atoms with Crippen LogP contribution in [0.15, 0.2) is 18.2 Å². The number of hydrogen-bond donors (Lipinski definition) is 1. The summed E-state index contributed by atoms with van der Waals surface area (Å²) in [6.45, 7) is 8.27. The Balaban J connectivity index is 1.99. The third-order valence-electron chi connectivity index (χ3n) is 4.18. The third kappa shape index (κ3) is 4.05. The van der Waals surface area contributed by atoms with Crippen LogP contribution in [0.5, 0.6) is 0 Å². The predicted octanol–water partition coefficient (Wildman–Crippen LogP) is 3.91. The first-order valence-electron chi connectivity index (χ1n) is 7.63. The average Bonchev–Trinajstić information content (AvgIpc) is 2.91. The summed E-state index contributed by atoms with van der Waals surface area (Å²) in [6.07, 6.45) is 5.64. The zero-order valence-corrected chi connectivity index (χ0v) is 12.5. The highest BCUT2D eigenvalue weighted by Crippen LogP contribution is 2.23. The van der Waals surface area contributed by atoms with Crippen LogP contribution in [0.4, 0.5) is 0 Å². The van der Waals surface area contributed by atoms with Gasteiger partial charge in [0.1, 0.15) is 0 Å². The molecule has 0 saturated heterocycles. The first kappa shape index (κ1) is 14.5. The lowest BCUT2D eigenvalue weighted by molar-refractivity contribution is 0.0428. The van der Waals surface area contributed by atoms with Gasteiger partial charge in [0.15, 0.2) is 0 Å². The second-order valence-corrected chi connectivity index (χ2v) is 5.69. The lowest BCUT2D eigenvalue weighted by Crippen LogP contribution is -2.27. The Hall–Kier alpha value is -0.860. The molecule has 0 heterocycles. The Morgan fingerprint density at radius 1 is 1.21 bits per heavy atom. The molecule has 2 heteroatoms. The molecule has 1 saturated carbocycles. The SMILES string of the molecule is CCNC(COC1CCCC1)c1ccc(C)c(C)c1. The molecule has 1 fully saturated rings. The largest absolute Gasteiger partial charge is 0.376 e. The van der Waals surface area contributed by atoms with Gasteiger partial charge in [-0.3, -0.25) is 0 Å². The van der Waals surface area contributed by atoms with Gasteiger partial charge in [0.25, 0.3) is 0 Å². The Morgan fingerprint density at radius 2 is 1.95 bits per heavy atom. The summed E-state index contributed by atoms with van der Waals surface area (Å²) in [6, 6.07) is 7.06. The molecule has 1 aromatic carbocycles. The van der Waals surface area contributed by atoms with Crippen molar-refractivity contribution in [2.24, 2.45) is 0 Å². The molecule has 0 amide bonds. The summed E-state index contributed by atoms with van der Waals surface area (Å²) < 4.78 is 6.08. The zero-order chi connectivity index (χ0) is 13.7. The highest BCUT2D eigenvalue weighted by molar-refractivity contribution is 5.31. The first-order valence-corrected chi connectivity index (χ1v) is 7.63. The van der Waals surface area contributed by atoms with Crippen LogP contribution < -0.4 is 5.32 Å². The molecule has 0 radical (unpaired) electrons. The fourth-order valence-electron chi connectivity index (χ4n) is 2.79. The number of hydrogen-bond acceptors (Lipinski definition) is 2. The monoisotopic (exact) mass is 261 g/mol. The highest BCUT2D eigenvalue weighted by atomic mass is 16.5. The standard InChI is InChI=1S/C17H27NO/c1-4-18-17(12-19-16-7-5-6-8-16)15-10-9-13(2)14(3)11-15/h9-11,16-18H,4-8,12H2,1-3H3. The van der Waals surface area contributed by atoms with Crippen LogP contribution in [0.25, 0.3) is 0 Å². The number of aryl methyl sites for hydroxylation is 2. The fraction of sp³-hybridized carbons (Fsp3) is 0.647. The molecule has 0 spiro atoms. The maximum atomic E-state index is 6.08. The molecule has 2 rings (SSSR count). The first-order chi connectivity index (χ1) is 9.20. The van der Waals surface area contributed by atoms with Gasteiger partial charge in [0.2, 0.25) is 0 Å². The maximum absolute atomic E-state index is 6.08. The summed E-state index contributed by atoms with van der Waals surface area (Å²) in [5, 5.41) is 3.54. The molecule has 0 aromatic heterocycles. The normalized spacial score (nSPS) is 17.8. The number of likely N-dealkylation sites (N-methyl/N-ethyl adjacent to an activating group) is 1. The van der Waals surface area contributed by atoms with Crippen LogP contribution >= 0.6 is 0 Å². The van der Waals surface area contributed by atoms with Gasteiger partial charge in [-0.1, -0.05) is 38.0 Å². The van der Waals surface area contributed by atoms with Crippen LogP contribution in [-0.4, -0.2) is 19.3 Å². The minimum absolute atomic E-state index is 0.324. The molecule has 1 N–H and O–H groups in total. The molecule has 1 unspecified atom stereocenters. The van der Waals surface area contributed by atoms with Gasteiger partial charge in [-0.2, -0.15) is 0 Å². The predicted molar refractivity (Wildman–Crippen MR) is 80.5 cm³/mol. The fourth-order valence-corrected chi connectivity index (χ4v) is 2.79. The smallest absolute Gasteiger partial charge is 0.0665 e. The van der Waals surface area contributed by atoms with Gasteiger partial charge >= 0.3 is 0 Å². The van der Waals surface area contributed by atoms with E-state index >= 15 is 0 Å². The Morgan fingerprint density at radius 3 is 2.58 bits per heavy atom. The van der Waals surface area contributed by atoms with Crippen molar-refractivity contribution in [2.75, 3.05) is 13.2 Å². The van der Waals surface area contributed by atoms with Crippen LogP contribution in [0.1, 0.15) is 55.3 Å².